The molecule has 2 rings (SSSR count). The Morgan fingerprint density at radius 1 is 1.19 bits per heavy atom. The summed E-state index contributed by atoms with van der Waals surface area (Å²) >= 11 is 6.00. The number of nitrogens with zero attached hydrogens (tertiary/aromatic N) is 1. The molecule has 1 heterocycles. The minimum Gasteiger partial charge on any atom is -0.315 e. The largest absolute Gasteiger partial charge is 0.315 e. The number of hydrogen-bond acceptors (Lipinski definition) is 2. The van der Waals surface area contributed by atoms with Crippen molar-refractivity contribution in [2.75, 3.05) is 20.1 Å². The molecule has 0 aliphatic carbocycles. The molecule has 1 aliphatic heterocycles. The zero-order valence-corrected chi connectivity index (χ0v) is 14.4. The van der Waals surface area contributed by atoms with Gasteiger partial charge >= 0.3 is 0 Å². The van der Waals surface area contributed by atoms with Gasteiger partial charge in [0, 0.05) is 16.6 Å². The van der Waals surface area contributed by atoms with E-state index in [1.165, 1.54) is 44.3 Å². The van der Waals surface area contributed by atoms with Crippen molar-refractivity contribution in [2.45, 2.75) is 57.5 Å². The van der Waals surface area contributed by atoms with Gasteiger partial charge < -0.3 is 5.32 Å². The molecule has 1 fully saturated rings. The summed E-state index contributed by atoms with van der Waals surface area (Å²) in [5.41, 5.74) is 1.57. The van der Waals surface area contributed by atoms with E-state index in [9.17, 15) is 0 Å². The van der Waals surface area contributed by atoms with Gasteiger partial charge in [0.15, 0.2) is 0 Å². The van der Waals surface area contributed by atoms with E-state index in [0.717, 1.165) is 11.4 Å². The molecule has 1 aliphatic rings. The lowest BCUT2D eigenvalue weighted by atomic mass is 9.82. The monoisotopic (exact) mass is 308 g/mol. The molecule has 3 heteroatoms. The van der Waals surface area contributed by atoms with Crippen molar-refractivity contribution >= 4 is 11.6 Å². The Hall–Kier alpha value is -0.570. The van der Waals surface area contributed by atoms with Crippen molar-refractivity contribution in [2.24, 2.45) is 0 Å². The predicted octanol–water partition coefficient (Wildman–Crippen LogP) is 4.13. The highest BCUT2D eigenvalue weighted by atomic mass is 35.5. The zero-order chi connectivity index (χ0) is 15.3. The van der Waals surface area contributed by atoms with E-state index in [1.54, 1.807) is 0 Å². The van der Waals surface area contributed by atoms with Crippen LogP contribution in [-0.2, 0) is 6.42 Å². The highest BCUT2D eigenvalue weighted by molar-refractivity contribution is 6.30. The summed E-state index contributed by atoms with van der Waals surface area (Å²) in [6.45, 7) is 7.22. The van der Waals surface area contributed by atoms with E-state index in [4.69, 9.17) is 11.6 Å². The molecule has 2 nitrogen and oxygen atoms in total. The van der Waals surface area contributed by atoms with Crippen LogP contribution in [0.3, 0.4) is 0 Å². The number of piperidine rings is 1. The molecule has 118 valence electrons. The topological polar surface area (TPSA) is 15.3 Å². The molecule has 2 atom stereocenters. The Labute approximate surface area is 134 Å². The third kappa shape index (κ3) is 4.00. The fourth-order valence-electron chi connectivity index (χ4n) is 3.58. The van der Waals surface area contributed by atoms with Crippen LogP contribution in [0.15, 0.2) is 24.3 Å². The summed E-state index contributed by atoms with van der Waals surface area (Å²) < 4.78 is 0. The van der Waals surface area contributed by atoms with Crippen LogP contribution in [-0.4, -0.2) is 36.6 Å². The molecular formula is C18H29ClN2. The van der Waals surface area contributed by atoms with E-state index in [-0.39, 0.29) is 5.54 Å². The zero-order valence-electron chi connectivity index (χ0n) is 13.7. The maximum absolute atomic E-state index is 6.00. The van der Waals surface area contributed by atoms with Crippen LogP contribution in [0, 0.1) is 0 Å². The van der Waals surface area contributed by atoms with Crippen LogP contribution in [0.25, 0.3) is 0 Å². The highest BCUT2D eigenvalue weighted by Gasteiger charge is 2.37. The maximum atomic E-state index is 6.00. The quantitative estimate of drug-likeness (QED) is 0.850. The van der Waals surface area contributed by atoms with Crippen molar-refractivity contribution < 1.29 is 0 Å². The molecule has 0 amide bonds. The fourth-order valence-corrected chi connectivity index (χ4v) is 3.71. The van der Waals surface area contributed by atoms with Gasteiger partial charge in [0.25, 0.3) is 0 Å². The van der Waals surface area contributed by atoms with Gasteiger partial charge in [0.05, 0.1) is 0 Å². The number of halogens is 1. The molecular weight excluding hydrogens is 280 g/mol. The summed E-state index contributed by atoms with van der Waals surface area (Å²) in [6.07, 6.45) is 6.29. The first kappa shape index (κ1) is 16.8. The second kappa shape index (κ2) is 7.62. The minimum atomic E-state index is 0.217. The lowest BCUT2D eigenvalue weighted by Gasteiger charge is -2.48. The van der Waals surface area contributed by atoms with E-state index < -0.39 is 0 Å². The van der Waals surface area contributed by atoms with Gasteiger partial charge in [0.2, 0.25) is 0 Å². The van der Waals surface area contributed by atoms with E-state index in [2.05, 4.69) is 43.2 Å². The van der Waals surface area contributed by atoms with Crippen molar-refractivity contribution in [1.82, 2.24) is 10.2 Å². The number of rotatable bonds is 6. The van der Waals surface area contributed by atoms with Crippen LogP contribution in [0.1, 0.15) is 45.1 Å². The highest BCUT2D eigenvalue weighted by Crippen LogP contribution is 2.29. The Morgan fingerprint density at radius 2 is 1.81 bits per heavy atom. The van der Waals surface area contributed by atoms with Gasteiger partial charge in [-0.25, -0.2) is 0 Å². The van der Waals surface area contributed by atoms with E-state index >= 15 is 0 Å². The second-order valence-corrected chi connectivity index (χ2v) is 6.87. The summed E-state index contributed by atoms with van der Waals surface area (Å²) in [5.74, 6) is 0. The average Bonchev–Trinajstić information content (AvgIpc) is 2.54. The summed E-state index contributed by atoms with van der Waals surface area (Å²) in [4.78, 5) is 2.70. The van der Waals surface area contributed by atoms with Gasteiger partial charge in [0.1, 0.15) is 0 Å². The summed E-state index contributed by atoms with van der Waals surface area (Å²) in [5, 5.41) is 4.39. The fraction of sp³-hybridized carbons (Fsp3) is 0.667. The van der Waals surface area contributed by atoms with Gasteiger partial charge in [-0.05, 0) is 70.4 Å². The SMILES string of the molecule is CCC(C)(C(Cc1ccc(Cl)cc1)NC)N1CCCCC1. The first-order chi connectivity index (χ1) is 10.1. The smallest absolute Gasteiger partial charge is 0.0406 e. The molecule has 0 bridgehead atoms. The van der Waals surface area contributed by atoms with Gasteiger partial charge in [-0.3, -0.25) is 4.90 Å². The van der Waals surface area contributed by atoms with Crippen LogP contribution < -0.4 is 5.32 Å². The van der Waals surface area contributed by atoms with E-state index in [0.29, 0.717) is 6.04 Å². The number of likely N-dealkylation sites (tertiary alicyclic amines) is 1. The van der Waals surface area contributed by atoms with Crippen LogP contribution in [0.5, 0.6) is 0 Å². The number of nitrogens with one attached hydrogen (secondary N) is 1. The van der Waals surface area contributed by atoms with Gasteiger partial charge in [-0.1, -0.05) is 37.1 Å². The molecule has 0 spiro atoms. The molecule has 1 aromatic rings. The standard InChI is InChI=1S/C18H29ClN2/c1-4-18(2,21-12-6-5-7-13-21)17(20-3)14-15-8-10-16(19)11-9-15/h8-11,17,20H,4-7,12-14H2,1-3H3. The molecule has 0 saturated carbocycles. The van der Waals surface area contributed by atoms with Gasteiger partial charge in [-0.15, -0.1) is 0 Å². The van der Waals surface area contributed by atoms with Crippen LogP contribution in [0.2, 0.25) is 5.02 Å². The molecule has 1 N–H and O–H groups in total. The van der Waals surface area contributed by atoms with Crippen LogP contribution in [0.4, 0.5) is 0 Å². The predicted molar refractivity (Wildman–Crippen MR) is 92.1 cm³/mol. The Morgan fingerprint density at radius 3 is 2.33 bits per heavy atom. The Balaban J connectivity index is 2.13. The van der Waals surface area contributed by atoms with Gasteiger partial charge in [-0.2, -0.15) is 0 Å². The van der Waals surface area contributed by atoms with Crippen molar-refractivity contribution in [3.05, 3.63) is 34.9 Å². The molecule has 1 aromatic carbocycles. The third-order valence-corrected chi connectivity index (χ3v) is 5.50. The second-order valence-electron chi connectivity index (χ2n) is 6.43. The van der Waals surface area contributed by atoms with Crippen molar-refractivity contribution in [3.8, 4) is 0 Å². The summed E-state index contributed by atoms with van der Waals surface area (Å²) in [7, 11) is 2.10. The molecule has 1 saturated heterocycles. The molecule has 2 unspecified atom stereocenters. The minimum absolute atomic E-state index is 0.217. The average molecular weight is 309 g/mol. The Kier molecular flexibility index (Phi) is 6.09. The van der Waals surface area contributed by atoms with Crippen LogP contribution >= 0.6 is 11.6 Å². The maximum Gasteiger partial charge on any atom is 0.0406 e. The number of likely N-dealkylation sites (N-methyl/N-ethyl adjacent to an activating group) is 1. The van der Waals surface area contributed by atoms with Crippen molar-refractivity contribution in [3.63, 3.8) is 0 Å². The van der Waals surface area contributed by atoms with Crippen molar-refractivity contribution in [1.29, 1.82) is 0 Å². The lowest BCUT2D eigenvalue weighted by molar-refractivity contribution is 0.0453. The molecule has 0 radical (unpaired) electrons. The normalized spacial score (nSPS) is 21.0. The molecule has 0 aromatic heterocycles. The lowest BCUT2D eigenvalue weighted by Crippen LogP contribution is -2.60. The Bertz CT molecular complexity index is 425. The first-order valence-electron chi connectivity index (χ1n) is 8.27. The van der Waals surface area contributed by atoms with E-state index in [1.807, 2.05) is 12.1 Å². The number of benzene rings is 1. The third-order valence-electron chi connectivity index (χ3n) is 5.25. The first-order valence-corrected chi connectivity index (χ1v) is 8.64. The summed E-state index contributed by atoms with van der Waals surface area (Å²) in [6, 6.07) is 8.75. The molecule has 21 heavy (non-hydrogen) atoms. The number of hydrogen-bond donors (Lipinski definition) is 1.